The number of carbonyl (C=O) groups is 2. The lowest BCUT2D eigenvalue weighted by molar-refractivity contribution is -0.230. The number of ether oxygens (including phenoxy) is 3. The summed E-state index contributed by atoms with van der Waals surface area (Å²) in [5, 5.41) is 13.1. The Hall–Kier alpha value is -2.32. The molecule has 33 heavy (non-hydrogen) atoms. The molecule has 0 bridgehead atoms. The van der Waals surface area contributed by atoms with E-state index < -0.39 is 11.2 Å². The van der Waals surface area contributed by atoms with Gasteiger partial charge >= 0.3 is 0 Å². The van der Waals surface area contributed by atoms with Crippen LogP contribution >= 0.6 is 0 Å². The number of hydrogen-bond donors (Lipinski definition) is 2. The van der Waals surface area contributed by atoms with Crippen molar-refractivity contribution >= 4 is 11.8 Å². The number of amides is 2. The number of hydrogen-bond acceptors (Lipinski definition) is 6. The lowest BCUT2D eigenvalue weighted by Gasteiger charge is -2.54. The van der Waals surface area contributed by atoms with Crippen LogP contribution in [0.5, 0.6) is 11.5 Å². The largest absolute Gasteiger partial charge is 0.504 e. The van der Waals surface area contributed by atoms with Crippen LogP contribution in [0, 0.1) is 5.92 Å². The van der Waals surface area contributed by atoms with E-state index in [1.807, 2.05) is 30.9 Å². The molecule has 0 unspecified atom stereocenters. The fraction of sp³-hybridized carbons (Fsp3) is 0.680. The van der Waals surface area contributed by atoms with E-state index in [0.717, 1.165) is 31.2 Å². The first kappa shape index (κ1) is 23.8. The summed E-state index contributed by atoms with van der Waals surface area (Å²) in [4.78, 5) is 25.7. The van der Waals surface area contributed by atoms with E-state index in [1.54, 1.807) is 6.07 Å². The third-order valence-corrected chi connectivity index (χ3v) is 7.12. The molecule has 2 fully saturated rings. The maximum absolute atomic E-state index is 12.9. The molecule has 1 aromatic rings. The van der Waals surface area contributed by atoms with Crippen molar-refractivity contribution in [1.29, 1.82) is 0 Å². The average Bonchev–Trinajstić information content (AvgIpc) is 2.77. The summed E-state index contributed by atoms with van der Waals surface area (Å²) in [6.45, 7) is 8.22. The molecule has 2 N–H and O–H groups in total. The number of unbranched alkanes of at least 4 members (excludes halogenated alkanes) is 2. The average molecular weight is 461 g/mol. The van der Waals surface area contributed by atoms with Gasteiger partial charge in [-0.05, 0) is 39.2 Å². The van der Waals surface area contributed by atoms with Crippen LogP contribution in [0.3, 0.4) is 0 Å². The van der Waals surface area contributed by atoms with Gasteiger partial charge in [-0.25, -0.2) is 0 Å². The number of nitrogens with one attached hydrogen (secondary N) is 1. The van der Waals surface area contributed by atoms with Gasteiger partial charge in [-0.15, -0.1) is 0 Å². The number of rotatable bonds is 6. The van der Waals surface area contributed by atoms with E-state index in [0.29, 0.717) is 45.0 Å². The number of phenols is 1. The lowest BCUT2D eigenvalue weighted by Crippen LogP contribution is -2.62. The van der Waals surface area contributed by atoms with Gasteiger partial charge in [0.05, 0.1) is 25.9 Å². The van der Waals surface area contributed by atoms with Gasteiger partial charge in [-0.3, -0.25) is 9.59 Å². The number of benzene rings is 1. The van der Waals surface area contributed by atoms with E-state index in [2.05, 4.69) is 5.32 Å². The number of aromatic hydroxyl groups is 1. The Morgan fingerprint density at radius 3 is 2.85 bits per heavy atom. The fourth-order valence-corrected chi connectivity index (χ4v) is 5.33. The Kier molecular flexibility index (Phi) is 6.86. The summed E-state index contributed by atoms with van der Waals surface area (Å²) in [7, 11) is 0. The maximum atomic E-state index is 12.9. The van der Waals surface area contributed by atoms with Gasteiger partial charge in [-0.2, -0.15) is 0 Å². The second kappa shape index (κ2) is 9.50. The van der Waals surface area contributed by atoms with E-state index in [4.69, 9.17) is 14.2 Å². The van der Waals surface area contributed by atoms with Crippen molar-refractivity contribution in [2.24, 2.45) is 5.92 Å². The zero-order valence-electron chi connectivity index (χ0n) is 19.9. The molecule has 2 amide bonds. The Balaban J connectivity index is 1.37. The Morgan fingerprint density at radius 1 is 1.24 bits per heavy atom. The second-order valence-electron chi connectivity index (χ2n) is 10.1. The van der Waals surface area contributed by atoms with Gasteiger partial charge in [-0.1, -0.05) is 18.6 Å². The molecule has 1 aromatic carbocycles. The predicted molar refractivity (Wildman–Crippen MR) is 122 cm³/mol. The van der Waals surface area contributed by atoms with Gasteiger partial charge in [0.25, 0.3) is 0 Å². The molecule has 0 saturated carbocycles. The molecule has 3 aliphatic rings. The predicted octanol–water partition coefficient (Wildman–Crippen LogP) is 2.93. The summed E-state index contributed by atoms with van der Waals surface area (Å²) in [5.74, 6) is 0.789. The van der Waals surface area contributed by atoms with Crippen LogP contribution in [-0.4, -0.2) is 65.9 Å². The zero-order valence-corrected chi connectivity index (χ0v) is 19.9. The molecule has 3 heterocycles. The molecular formula is C25H36N2O6. The van der Waals surface area contributed by atoms with Gasteiger partial charge in [0.15, 0.2) is 11.5 Å². The van der Waals surface area contributed by atoms with Crippen molar-refractivity contribution in [3.63, 3.8) is 0 Å². The number of para-hydroxylation sites is 1. The van der Waals surface area contributed by atoms with E-state index in [9.17, 15) is 14.7 Å². The molecular weight excluding hydrogens is 424 g/mol. The highest BCUT2D eigenvalue weighted by Gasteiger charge is 2.54. The monoisotopic (exact) mass is 460 g/mol. The van der Waals surface area contributed by atoms with Crippen LogP contribution in [0.2, 0.25) is 0 Å². The highest BCUT2D eigenvalue weighted by Crippen LogP contribution is 2.54. The van der Waals surface area contributed by atoms with Crippen LogP contribution in [0.25, 0.3) is 0 Å². The van der Waals surface area contributed by atoms with Crippen LogP contribution in [0.4, 0.5) is 0 Å². The van der Waals surface area contributed by atoms with Crippen LogP contribution in [0.1, 0.15) is 64.5 Å². The molecule has 0 aliphatic carbocycles. The summed E-state index contributed by atoms with van der Waals surface area (Å²) < 4.78 is 18.9. The van der Waals surface area contributed by atoms with Crippen LogP contribution in [0.15, 0.2) is 18.2 Å². The minimum atomic E-state index is -0.548. The highest BCUT2D eigenvalue weighted by molar-refractivity contribution is 5.76. The molecule has 0 aromatic heterocycles. The molecule has 0 radical (unpaired) electrons. The van der Waals surface area contributed by atoms with Crippen LogP contribution in [-0.2, 0) is 19.1 Å². The molecule has 2 saturated heterocycles. The number of carbonyl (C=O) groups excluding carboxylic acids is 2. The maximum Gasteiger partial charge on any atom is 0.222 e. The molecule has 3 atom stereocenters. The van der Waals surface area contributed by atoms with Crippen LogP contribution < -0.4 is 10.1 Å². The quantitative estimate of drug-likeness (QED) is 0.634. The van der Waals surface area contributed by atoms with Gasteiger partial charge in [0.2, 0.25) is 11.8 Å². The van der Waals surface area contributed by atoms with Crippen molar-refractivity contribution in [3.05, 3.63) is 23.8 Å². The number of morpholine rings is 1. The van der Waals surface area contributed by atoms with Gasteiger partial charge in [0, 0.05) is 37.9 Å². The Labute approximate surface area is 195 Å². The smallest absolute Gasteiger partial charge is 0.222 e. The third-order valence-electron chi connectivity index (χ3n) is 7.12. The molecule has 182 valence electrons. The van der Waals surface area contributed by atoms with Crippen molar-refractivity contribution in [3.8, 4) is 11.5 Å². The second-order valence-corrected chi connectivity index (χ2v) is 10.1. The third kappa shape index (κ3) is 5.11. The SMILES string of the molecule is CC(=O)NCCCCCC(=O)N1CCO[C@@]2(CO[C@@H]3c4cccc(O)c4OC(C)(C)[C@H]3C2)C1. The van der Waals surface area contributed by atoms with Gasteiger partial charge in [0.1, 0.15) is 11.2 Å². The molecule has 4 rings (SSSR count). The minimum absolute atomic E-state index is 0.0199. The lowest BCUT2D eigenvalue weighted by atomic mass is 9.71. The molecule has 8 nitrogen and oxygen atoms in total. The van der Waals surface area contributed by atoms with Crippen molar-refractivity contribution in [2.45, 2.75) is 70.2 Å². The highest BCUT2D eigenvalue weighted by atomic mass is 16.6. The topological polar surface area (TPSA) is 97.3 Å². The molecule has 1 spiro atoms. The number of nitrogens with zero attached hydrogens (tertiary/aromatic N) is 1. The van der Waals surface area contributed by atoms with Gasteiger partial charge < -0.3 is 29.5 Å². The molecule has 8 heteroatoms. The van der Waals surface area contributed by atoms with Crippen molar-refractivity contribution in [1.82, 2.24) is 10.2 Å². The Bertz CT molecular complexity index is 888. The Morgan fingerprint density at radius 2 is 2.06 bits per heavy atom. The molecule has 3 aliphatic heterocycles. The van der Waals surface area contributed by atoms with Crippen molar-refractivity contribution in [2.75, 3.05) is 32.8 Å². The standard InChI is InChI=1S/C25H36N2O6/c1-17(28)26-11-6-4-5-10-21(30)27-12-13-32-25(15-27)14-19-22(31-16-25)18-8-7-9-20(29)23(18)33-24(19,2)3/h7-9,19,22,29H,4-6,10-16H2,1-3H3,(H,26,28)/t19-,22+,25+/m0/s1. The van der Waals surface area contributed by atoms with E-state index in [1.165, 1.54) is 6.92 Å². The normalized spacial score (nSPS) is 27.9. The first-order valence-corrected chi connectivity index (χ1v) is 12.0. The first-order valence-electron chi connectivity index (χ1n) is 12.0. The fourth-order valence-electron chi connectivity index (χ4n) is 5.33. The summed E-state index contributed by atoms with van der Waals surface area (Å²) >= 11 is 0. The zero-order chi connectivity index (χ0) is 23.6. The summed E-state index contributed by atoms with van der Waals surface area (Å²) in [6.07, 6.45) is 3.64. The van der Waals surface area contributed by atoms with E-state index in [-0.39, 0.29) is 29.6 Å². The summed E-state index contributed by atoms with van der Waals surface area (Å²) in [6, 6.07) is 5.39. The number of fused-ring (bicyclic) bond motifs is 3. The van der Waals surface area contributed by atoms with Crippen molar-refractivity contribution < 1.29 is 28.9 Å². The first-order chi connectivity index (χ1) is 15.7. The summed E-state index contributed by atoms with van der Waals surface area (Å²) in [5.41, 5.74) is -0.222. The minimum Gasteiger partial charge on any atom is -0.504 e. The number of phenolic OH excluding ortho intramolecular Hbond substituents is 1. The van der Waals surface area contributed by atoms with E-state index >= 15 is 0 Å².